The number of nitriles is 1. The van der Waals surface area contributed by atoms with Gasteiger partial charge in [-0.25, -0.2) is 9.18 Å². The third-order valence-corrected chi connectivity index (χ3v) is 4.68. The number of hydrogen-bond donors (Lipinski definition) is 1. The molecule has 0 spiro atoms. The van der Waals surface area contributed by atoms with Gasteiger partial charge in [0.15, 0.2) is 0 Å². The standard InChI is InChI=1S/C16H18FN3O3/c1-23-15-3-10(2-14(17)13(15)4-18)5-19-6-11-8-20(16(21)22)9-12(11)7-19/h2-3,11-12H,5-9H2,1H3,(H,21,22)/t11-,12-/m0/s1. The van der Waals surface area contributed by atoms with E-state index in [1.807, 2.05) is 6.07 Å². The molecule has 0 unspecified atom stereocenters. The highest BCUT2D eigenvalue weighted by molar-refractivity contribution is 5.65. The molecule has 1 N–H and O–H groups in total. The van der Waals surface area contributed by atoms with Crippen LogP contribution in [0.5, 0.6) is 5.75 Å². The number of ether oxygens (including phenoxy) is 1. The Morgan fingerprint density at radius 2 is 2.04 bits per heavy atom. The van der Waals surface area contributed by atoms with Gasteiger partial charge in [0.25, 0.3) is 0 Å². The molecule has 6 nitrogen and oxygen atoms in total. The number of fused-ring (bicyclic) bond motifs is 1. The van der Waals surface area contributed by atoms with E-state index in [9.17, 15) is 9.18 Å². The van der Waals surface area contributed by atoms with Crippen LogP contribution in [0.2, 0.25) is 0 Å². The van der Waals surface area contributed by atoms with Crippen LogP contribution >= 0.6 is 0 Å². The summed E-state index contributed by atoms with van der Waals surface area (Å²) in [5, 5.41) is 18.0. The van der Waals surface area contributed by atoms with Gasteiger partial charge in [-0.05, 0) is 29.5 Å². The molecule has 122 valence electrons. The van der Waals surface area contributed by atoms with E-state index in [2.05, 4.69) is 4.90 Å². The molecular formula is C16H18FN3O3. The van der Waals surface area contributed by atoms with Crippen molar-refractivity contribution in [1.82, 2.24) is 9.80 Å². The summed E-state index contributed by atoms with van der Waals surface area (Å²) in [4.78, 5) is 14.7. The highest BCUT2D eigenvalue weighted by Gasteiger charge is 2.41. The third-order valence-electron chi connectivity index (χ3n) is 4.68. The van der Waals surface area contributed by atoms with Gasteiger partial charge in [-0.3, -0.25) is 4.90 Å². The van der Waals surface area contributed by atoms with E-state index in [4.69, 9.17) is 15.1 Å². The zero-order valence-corrected chi connectivity index (χ0v) is 12.8. The molecule has 2 saturated heterocycles. The first-order valence-electron chi connectivity index (χ1n) is 7.48. The molecule has 3 rings (SSSR count). The Balaban J connectivity index is 1.67. The van der Waals surface area contributed by atoms with Crippen LogP contribution in [0.3, 0.4) is 0 Å². The minimum absolute atomic E-state index is 0.0772. The molecule has 2 aliphatic rings. The molecule has 0 bridgehead atoms. The summed E-state index contributed by atoms with van der Waals surface area (Å²) in [5.41, 5.74) is 0.681. The number of nitrogens with zero attached hydrogens (tertiary/aromatic N) is 3. The normalized spacial score (nSPS) is 23.6. The number of carboxylic acid groups (broad SMARTS) is 1. The lowest BCUT2D eigenvalue weighted by atomic mass is 10.0. The monoisotopic (exact) mass is 319 g/mol. The third kappa shape index (κ3) is 2.94. The largest absolute Gasteiger partial charge is 0.495 e. The summed E-state index contributed by atoms with van der Waals surface area (Å²) in [5.74, 6) is 0.365. The molecule has 1 aromatic carbocycles. The Kier molecular flexibility index (Phi) is 4.09. The van der Waals surface area contributed by atoms with Crippen molar-refractivity contribution >= 4 is 6.09 Å². The fourth-order valence-corrected chi connectivity index (χ4v) is 3.63. The Morgan fingerprint density at radius 3 is 2.57 bits per heavy atom. The topological polar surface area (TPSA) is 76.8 Å². The molecule has 1 aromatic rings. The van der Waals surface area contributed by atoms with Gasteiger partial charge >= 0.3 is 6.09 Å². The van der Waals surface area contributed by atoms with Crippen LogP contribution < -0.4 is 4.74 Å². The number of hydrogen-bond acceptors (Lipinski definition) is 4. The van der Waals surface area contributed by atoms with Crippen LogP contribution in [0.15, 0.2) is 12.1 Å². The predicted molar refractivity (Wildman–Crippen MR) is 79.5 cm³/mol. The van der Waals surface area contributed by atoms with E-state index in [1.165, 1.54) is 18.1 Å². The van der Waals surface area contributed by atoms with E-state index < -0.39 is 11.9 Å². The van der Waals surface area contributed by atoms with Crippen LogP contribution in [0.1, 0.15) is 11.1 Å². The highest BCUT2D eigenvalue weighted by Crippen LogP contribution is 2.32. The maximum Gasteiger partial charge on any atom is 0.407 e. The second kappa shape index (κ2) is 6.05. The predicted octanol–water partition coefficient (Wildman–Crippen LogP) is 1.75. The van der Waals surface area contributed by atoms with Crippen LogP contribution in [-0.2, 0) is 6.54 Å². The van der Waals surface area contributed by atoms with Gasteiger partial charge in [0.2, 0.25) is 0 Å². The quantitative estimate of drug-likeness (QED) is 0.918. The van der Waals surface area contributed by atoms with Crippen LogP contribution in [0.25, 0.3) is 0 Å². The minimum Gasteiger partial charge on any atom is -0.495 e. The lowest BCUT2D eigenvalue weighted by Crippen LogP contribution is -2.32. The number of halogens is 1. The number of benzene rings is 1. The van der Waals surface area contributed by atoms with Gasteiger partial charge in [0.1, 0.15) is 23.2 Å². The van der Waals surface area contributed by atoms with Gasteiger partial charge in [-0.1, -0.05) is 0 Å². The second-order valence-corrected chi connectivity index (χ2v) is 6.17. The SMILES string of the molecule is COc1cc(CN2C[C@H]3CN(C(=O)O)C[C@@H]3C2)cc(F)c1C#N. The first-order chi connectivity index (χ1) is 11.0. The fraction of sp³-hybridized carbons (Fsp3) is 0.500. The van der Waals surface area contributed by atoms with Crippen molar-refractivity contribution in [2.75, 3.05) is 33.3 Å². The second-order valence-electron chi connectivity index (χ2n) is 6.17. The van der Waals surface area contributed by atoms with E-state index in [0.717, 1.165) is 18.7 Å². The lowest BCUT2D eigenvalue weighted by Gasteiger charge is -2.20. The van der Waals surface area contributed by atoms with Crippen molar-refractivity contribution in [2.24, 2.45) is 11.8 Å². The molecule has 1 amide bonds. The molecule has 0 aliphatic carbocycles. The summed E-state index contributed by atoms with van der Waals surface area (Å²) in [6, 6.07) is 4.88. The molecule has 7 heteroatoms. The molecular weight excluding hydrogens is 301 g/mol. The Bertz CT molecular complexity index is 659. The molecule has 0 radical (unpaired) electrons. The number of likely N-dealkylation sites (tertiary alicyclic amines) is 2. The maximum absolute atomic E-state index is 13.9. The summed E-state index contributed by atoms with van der Waals surface area (Å²) in [6.45, 7) is 3.32. The molecule has 2 aliphatic heterocycles. The summed E-state index contributed by atoms with van der Waals surface area (Å²) in [6.07, 6.45) is -0.857. The maximum atomic E-state index is 13.9. The van der Waals surface area contributed by atoms with Gasteiger partial charge in [0, 0.05) is 32.7 Å². The minimum atomic E-state index is -0.857. The lowest BCUT2D eigenvalue weighted by molar-refractivity contribution is 0.148. The summed E-state index contributed by atoms with van der Waals surface area (Å²) >= 11 is 0. The Hall–Kier alpha value is -2.33. The van der Waals surface area contributed by atoms with Gasteiger partial charge in [0.05, 0.1) is 7.11 Å². The van der Waals surface area contributed by atoms with Gasteiger partial charge in [-0.2, -0.15) is 5.26 Å². The highest BCUT2D eigenvalue weighted by atomic mass is 19.1. The summed E-state index contributed by atoms with van der Waals surface area (Å²) < 4.78 is 19.0. The van der Waals surface area contributed by atoms with Crippen LogP contribution in [0, 0.1) is 29.0 Å². The molecule has 2 heterocycles. The average Bonchev–Trinajstić information content (AvgIpc) is 3.04. The van der Waals surface area contributed by atoms with Gasteiger partial charge < -0.3 is 14.7 Å². The number of rotatable bonds is 3. The van der Waals surface area contributed by atoms with Gasteiger partial charge in [-0.15, -0.1) is 0 Å². The first-order valence-corrected chi connectivity index (χ1v) is 7.48. The Labute approximate surface area is 133 Å². The molecule has 2 fully saturated rings. The Morgan fingerprint density at radius 1 is 1.39 bits per heavy atom. The number of carbonyl (C=O) groups is 1. The van der Waals surface area contributed by atoms with E-state index in [0.29, 0.717) is 31.5 Å². The zero-order valence-electron chi connectivity index (χ0n) is 12.8. The van der Waals surface area contributed by atoms with E-state index in [-0.39, 0.29) is 11.3 Å². The molecule has 2 atom stereocenters. The molecule has 0 aromatic heterocycles. The van der Waals surface area contributed by atoms with Crippen molar-refractivity contribution in [3.63, 3.8) is 0 Å². The van der Waals surface area contributed by atoms with Crippen molar-refractivity contribution in [2.45, 2.75) is 6.54 Å². The smallest absolute Gasteiger partial charge is 0.407 e. The molecule has 23 heavy (non-hydrogen) atoms. The van der Waals surface area contributed by atoms with Crippen molar-refractivity contribution < 1.29 is 19.0 Å². The molecule has 0 saturated carbocycles. The van der Waals surface area contributed by atoms with Crippen LogP contribution in [-0.4, -0.2) is 54.3 Å². The summed E-state index contributed by atoms with van der Waals surface area (Å²) in [7, 11) is 1.42. The van der Waals surface area contributed by atoms with Crippen LogP contribution in [0.4, 0.5) is 9.18 Å². The first kappa shape index (κ1) is 15.6. The number of amides is 1. The average molecular weight is 319 g/mol. The fourth-order valence-electron chi connectivity index (χ4n) is 3.63. The van der Waals surface area contributed by atoms with Crippen molar-refractivity contribution in [3.05, 3.63) is 29.1 Å². The van der Waals surface area contributed by atoms with Crippen molar-refractivity contribution in [1.29, 1.82) is 5.26 Å². The zero-order chi connectivity index (χ0) is 16.6. The number of methoxy groups -OCH3 is 1. The van der Waals surface area contributed by atoms with E-state index in [1.54, 1.807) is 6.07 Å². The van der Waals surface area contributed by atoms with Crippen molar-refractivity contribution in [3.8, 4) is 11.8 Å². The van der Waals surface area contributed by atoms with E-state index >= 15 is 0 Å².